The van der Waals surface area contributed by atoms with Crippen molar-refractivity contribution in [1.82, 2.24) is 14.7 Å². The Morgan fingerprint density at radius 1 is 1.12 bits per heavy atom. The van der Waals surface area contributed by atoms with E-state index in [2.05, 4.69) is 21.7 Å². The topological polar surface area (TPSA) is 62.1 Å². The zero-order valence-electron chi connectivity index (χ0n) is 14.7. The number of rotatable bonds is 4. The highest BCUT2D eigenvalue weighted by molar-refractivity contribution is 5.24. The average Bonchev–Trinajstić information content (AvgIpc) is 2.62. The number of piperidine rings is 1. The zero-order chi connectivity index (χ0) is 17.1. The minimum Gasteiger partial charge on any atom is -0.494 e. The molecule has 0 aromatic carbocycles. The van der Waals surface area contributed by atoms with Gasteiger partial charge in [0.2, 0.25) is 0 Å². The van der Waals surface area contributed by atoms with E-state index >= 15 is 0 Å². The first-order valence-corrected chi connectivity index (χ1v) is 8.85. The third-order valence-electron chi connectivity index (χ3n) is 5.62. The predicted octanol–water partition coefficient (Wildman–Crippen LogP) is 1.16. The van der Waals surface area contributed by atoms with Crippen LogP contribution >= 0.6 is 0 Å². The van der Waals surface area contributed by atoms with Gasteiger partial charge in [0, 0.05) is 63.8 Å². The van der Waals surface area contributed by atoms with Crippen LogP contribution in [-0.4, -0.2) is 85.1 Å². The average molecular weight is 336 g/mol. The lowest BCUT2D eigenvalue weighted by atomic mass is 9.97. The number of ether oxygens (including phenoxy) is 1. The molecule has 0 N–H and O–H groups in total. The summed E-state index contributed by atoms with van der Waals surface area (Å²) in [6.07, 6.45) is 6.54. The lowest BCUT2D eigenvalue weighted by Crippen LogP contribution is -2.53. The van der Waals surface area contributed by atoms with Gasteiger partial charge in [-0.1, -0.05) is 6.08 Å². The van der Waals surface area contributed by atoms with E-state index in [4.69, 9.17) is 4.74 Å². The normalized spacial score (nSPS) is 28.3. The predicted molar refractivity (Wildman–Crippen MR) is 92.2 cm³/mol. The van der Waals surface area contributed by atoms with Gasteiger partial charge in [0.1, 0.15) is 0 Å². The van der Waals surface area contributed by atoms with Crippen LogP contribution in [0.5, 0.6) is 0 Å². The zero-order valence-corrected chi connectivity index (χ0v) is 14.7. The maximum atomic E-state index is 11.0. The van der Waals surface area contributed by atoms with Crippen LogP contribution in [0, 0.1) is 10.1 Å². The Balaban J connectivity index is 1.52. The van der Waals surface area contributed by atoms with Crippen molar-refractivity contribution < 1.29 is 9.66 Å². The van der Waals surface area contributed by atoms with Crippen LogP contribution in [0.25, 0.3) is 0 Å². The summed E-state index contributed by atoms with van der Waals surface area (Å²) < 4.78 is 5.26. The second kappa shape index (κ2) is 7.63. The molecule has 1 aliphatic carbocycles. The molecule has 0 radical (unpaired) electrons. The van der Waals surface area contributed by atoms with Crippen LogP contribution in [0.2, 0.25) is 0 Å². The van der Waals surface area contributed by atoms with Crippen LogP contribution in [0.1, 0.15) is 19.3 Å². The van der Waals surface area contributed by atoms with Gasteiger partial charge in [0.15, 0.2) is 5.76 Å². The number of likely N-dealkylation sites (tertiary alicyclic amines) is 1. The molecule has 0 amide bonds. The van der Waals surface area contributed by atoms with Gasteiger partial charge < -0.3 is 9.64 Å². The summed E-state index contributed by atoms with van der Waals surface area (Å²) in [5.74, 6) is 0.494. The van der Waals surface area contributed by atoms with Gasteiger partial charge in [0.25, 0.3) is 0 Å². The molecule has 7 heteroatoms. The molecule has 2 aliphatic heterocycles. The molecule has 0 bridgehead atoms. The molecule has 1 atom stereocenters. The highest BCUT2D eigenvalue weighted by Crippen LogP contribution is 2.27. The largest absolute Gasteiger partial charge is 0.494 e. The van der Waals surface area contributed by atoms with Crippen molar-refractivity contribution in [3.05, 3.63) is 33.7 Å². The van der Waals surface area contributed by atoms with Gasteiger partial charge in [0.05, 0.1) is 12.0 Å². The van der Waals surface area contributed by atoms with E-state index in [1.54, 1.807) is 6.08 Å². The van der Waals surface area contributed by atoms with Crippen LogP contribution < -0.4 is 0 Å². The Kier molecular flexibility index (Phi) is 5.53. The monoisotopic (exact) mass is 336 g/mol. The summed E-state index contributed by atoms with van der Waals surface area (Å²) in [5, 5.41) is 11.0. The maximum absolute atomic E-state index is 11.0. The van der Waals surface area contributed by atoms with Crippen molar-refractivity contribution >= 4 is 0 Å². The fourth-order valence-corrected chi connectivity index (χ4v) is 4.03. The molecule has 134 valence electrons. The molecule has 2 saturated heterocycles. The Labute approximate surface area is 143 Å². The number of methoxy groups -OCH3 is 1. The Morgan fingerprint density at radius 2 is 1.79 bits per heavy atom. The lowest BCUT2D eigenvalue weighted by molar-refractivity contribution is -0.422. The van der Waals surface area contributed by atoms with E-state index in [-0.39, 0.29) is 16.7 Å². The first kappa shape index (κ1) is 17.4. The van der Waals surface area contributed by atoms with Crippen LogP contribution in [-0.2, 0) is 4.74 Å². The van der Waals surface area contributed by atoms with Gasteiger partial charge in [-0.05, 0) is 19.9 Å². The van der Waals surface area contributed by atoms with E-state index in [9.17, 15) is 10.1 Å². The SMILES string of the molecule is COC1=C([N+](=O)[O-])C=C[C@H](N2CCC(N3CCN(C)CC3)CC2)C1. The number of nitro groups is 1. The summed E-state index contributed by atoms with van der Waals surface area (Å²) in [6, 6.07) is 0.909. The number of piperazine rings is 1. The lowest BCUT2D eigenvalue weighted by Gasteiger charge is -2.43. The minimum absolute atomic E-state index is 0.0982. The molecule has 2 fully saturated rings. The van der Waals surface area contributed by atoms with Crippen LogP contribution in [0.4, 0.5) is 0 Å². The van der Waals surface area contributed by atoms with Crippen molar-refractivity contribution in [1.29, 1.82) is 0 Å². The molecule has 2 heterocycles. The fraction of sp³-hybridized carbons (Fsp3) is 0.765. The van der Waals surface area contributed by atoms with Crippen LogP contribution in [0.15, 0.2) is 23.6 Å². The fourth-order valence-electron chi connectivity index (χ4n) is 4.03. The summed E-state index contributed by atoms with van der Waals surface area (Å²) in [5.41, 5.74) is 0.0982. The second-order valence-corrected chi connectivity index (χ2v) is 7.01. The number of allylic oxidation sites excluding steroid dienone is 1. The number of hydrogen-bond acceptors (Lipinski definition) is 6. The number of hydrogen-bond donors (Lipinski definition) is 0. The van der Waals surface area contributed by atoms with Crippen LogP contribution in [0.3, 0.4) is 0 Å². The van der Waals surface area contributed by atoms with E-state index in [0.29, 0.717) is 18.2 Å². The Bertz CT molecular complexity index is 518. The van der Waals surface area contributed by atoms with Gasteiger partial charge in [-0.25, -0.2) is 0 Å². The molecule has 0 unspecified atom stereocenters. The van der Waals surface area contributed by atoms with E-state index < -0.39 is 0 Å². The van der Waals surface area contributed by atoms with Gasteiger partial charge in [-0.15, -0.1) is 0 Å². The van der Waals surface area contributed by atoms with Crippen molar-refractivity contribution in [3.8, 4) is 0 Å². The Morgan fingerprint density at radius 3 is 2.38 bits per heavy atom. The molecular formula is C17H28N4O3. The van der Waals surface area contributed by atoms with Gasteiger partial charge >= 0.3 is 5.70 Å². The second-order valence-electron chi connectivity index (χ2n) is 7.01. The quantitative estimate of drug-likeness (QED) is 0.567. The first-order chi connectivity index (χ1) is 11.6. The standard InChI is InChI=1S/C17H28N4O3/c1-18-9-11-20(12-10-18)14-5-7-19(8-6-14)15-3-4-16(21(22)23)17(13-15)24-2/h3-4,14-15H,5-13H2,1-2H3/t15-/m0/s1. The minimum atomic E-state index is -0.356. The molecule has 7 nitrogen and oxygen atoms in total. The Hall–Kier alpha value is -1.44. The van der Waals surface area contributed by atoms with Crippen molar-refractivity contribution in [3.63, 3.8) is 0 Å². The number of likely N-dealkylation sites (N-methyl/N-ethyl adjacent to an activating group) is 1. The van der Waals surface area contributed by atoms with E-state index in [0.717, 1.165) is 26.2 Å². The third-order valence-corrected chi connectivity index (χ3v) is 5.62. The molecule has 0 aromatic heterocycles. The maximum Gasteiger partial charge on any atom is 0.306 e. The molecule has 0 aromatic rings. The highest BCUT2D eigenvalue weighted by Gasteiger charge is 2.32. The summed E-state index contributed by atoms with van der Waals surface area (Å²) >= 11 is 0. The van der Waals surface area contributed by atoms with Gasteiger partial charge in [-0.2, -0.15) is 0 Å². The summed E-state index contributed by atoms with van der Waals surface area (Å²) in [7, 11) is 3.71. The van der Waals surface area contributed by atoms with E-state index in [1.807, 2.05) is 6.08 Å². The molecule has 0 saturated carbocycles. The van der Waals surface area contributed by atoms with Crippen molar-refractivity contribution in [2.45, 2.75) is 31.3 Å². The smallest absolute Gasteiger partial charge is 0.306 e. The first-order valence-electron chi connectivity index (χ1n) is 8.85. The highest BCUT2D eigenvalue weighted by atomic mass is 16.6. The summed E-state index contributed by atoms with van der Waals surface area (Å²) in [6.45, 7) is 6.78. The molecule has 24 heavy (non-hydrogen) atoms. The van der Waals surface area contributed by atoms with Crippen molar-refractivity contribution in [2.24, 2.45) is 0 Å². The molecular weight excluding hydrogens is 308 g/mol. The third kappa shape index (κ3) is 3.79. The van der Waals surface area contributed by atoms with Gasteiger partial charge in [-0.3, -0.25) is 19.9 Å². The van der Waals surface area contributed by atoms with E-state index in [1.165, 1.54) is 33.0 Å². The molecule has 3 aliphatic rings. The molecule has 0 spiro atoms. The molecule has 3 rings (SSSR count). The summed E-state index contributed by atoms with van der Waals surface area (Å²) in [4.78, 5) is 18.2. The van der Waals surface area contributed by atoms with Crippen molar-refractivity contribution in [2.75, 3.05) is 53.4 Å². The number of nitrogens with zero attached hydrogens (tertiary/aromatic N) is 4.